The molecule has 5 nitrogen and oxygen atoms in total. The predicted molar refractivity (Wildman–Crippen MR) is 68.5 cm³/mol. The lowest BCUT2D eigenvalue weighted by Crippen LogP contribution is -2.27. The molecule has 2 rings (SSSR count). The Morgan fingerprint density at radius 1 is 1.50 bits per heavy atom. The molecule has 2 aromatic rings. The first kappa shape index (κ1) is 12.0. The van der Waals surface area contributed by atoms with Crippen LogP contribution in [0.1, 0.15) is 5.56 Å². The summed E-state index contributed by atoms with van der Waals surface area (Å²) in [5.74, 6) is -0.298. The Hall–Kier alpha value is -2.48. The van der Waals surface area contributed by atoms with E-state index >= 15 is 0 Å². The van der Waals surface area contributed by atoms with Crippen molar-refractivity contribution in [3.05, 3.63) is 29.8 Å². The maximum Gasteiger partial charge on any atom is 0.323 e. The van der Waals surface area contributed by atoms with Gasteiger partial charge in [0.15, 0.2) is 0 Å². The zero-order valence-corrected chi connectivity index (χ0v) is 10.2. The highest BCUT2D eigenvalue weighted by atomic mass is 16.4. The summed E-state index contributed by atoms with van der Waals surface area (Å²) in [4.78, 5) is 12.3. The first-order valence-corrected chi connectivity index (χ1v) is 5.46. The van der Waals surface area contributed by atoms with Crippen molar-refractivity contribution in [2.75, 3.05) is 18.5 Å². The highest BCUT2D eigenvalue weighted by Crippen LogP contribution is 2.30. The number of fused-ring (bicyclic) bond motifs is 1. The van der Waals surface area contributed by atoms with E-state index in [0.717, 1.165) is 10.9 Å². The molecule has 1 heterocycles. The quantitative estimate of drug-likeness (QED) is 0.888. The minimum atomic E-state index is -0.924. The fourth-order valence-corrected chi connectivity index (χ4v) is 2.21. The summed E-state index contributed by atoms with van der Waals surface area (Å²) in [6.45, 7) is -0.140. The SMILES string of the molecule is CN(CC(=O)O)c1c(C#N)c2ccccc2n1C. The van der Waals surface area contributed by atoms with Crippen molar-refractivity contribution in [2.45, 2.75) is 0 Å². The van der Waals surface area contributed by atoms with Gasteiger partial charge in [-0.3, -0.25) is 4.79 Å². The second kappa shape index (κ2) is 4.41. The molecule has 0 amide bonds. The largest absolute Gasteiger partial charge is 0.480 e. The van der Waals surface area contributed by atoms with Gasteiger partial charge >= 0.3 is 5.97 Å². The molecule has 1 aromatic carbocycles. The molecule has 0 aliphatic heterocycles. The molecule has 18 heavy (non-hydrogen) atoms. The third-order valence-corrected chi connectivity index (χ3v) is 2.92. The Balaban J connectivity index is 2.67. The van der Waals surface area contributed by atoms with Gasteiger partial charge in [-0.1, -0.05) is 18.2 Å². The van der Waals surface area contributed by atoms with Gasteiger partial charge in [0.1, 0.15) is 24.0 Å². The van der Waals surface area contributed by atoms with Crippen LogP contribution in [0.4, 0.5) is 5.82 Å². The summed E-state index contributed by atoms with van der Waals surface area (Å²) in [6.07, 6.45) is 0. The minimum Gasteiger partial charge on any atom is -0.480 e. The number of aryl methyl sites for hydroxylation is 1. The first-order valence-electron chi connectivity index (χ1n) is 5.46. The number of likely N-dealkylation sites (N-methyl/N-ethyl adjacent to an activating group) is 1. The zero-order chi connectivity index (χ0) is 13.3. The van der Waals surface area contributed by atoms with Crippen molar-refractivity contribution in [1.29, 1.82) is 5.26 Å². The number of nitrogens with zero attached hydrogens (tertiary/aromatic N) is 3. The summed E-state index contributed by atoms with van der Waals surface area (Å²) < 4.78 is 1.84. The van der Waals surface area contributed by atoms with Crippen LogP contribution in [0.5, 0.6) is 0 Å². The molecular weight excluding hydrogens is 230 g/mol. The fraction of sp³-hybridized carbons (Fsp3) is 0.231. The van der Waals surface area contributed by atoms with Crippen LogP contribution in [-0.4, -0.2) is 29.2 Å². The molecule has 0 unspecified atom stereocenters. The van der Waals surface area contributed by atoms with Crippen molar-refractivity contribution < 1.29 is 9.90 Å². The molecule has 92 valence electrons. The van der Waals surface area contributed by atoms with Crippen molar-refractivity contribution in [1.82, 2.24) is 4.57 Å². The smallest absolute Gasteiger partial charge is 0.323 e. The number of carboxylic acids is 1. The van der Waals surface area contributed by atoms with E-state index in [1.807, 2.05) is 35.9 Å². The lowest BCUT2D eigenvalue weighted by Gasteiger charge is -2.18. The molecule has 0 atom stereocenters. The van der Waals surface area contributed by atoms with Crippen molar-refractivity contribution in [2.24, 2.45) is 7.05 Å². The number of hydrogen-bond donors (Lipinski definition) is 1. The molecule has 0 aliphatic rings. The molecule has 1 aromatic heterocycles. The maximum absolute atomic E-state index is 10.8. The summed E-state index contributed by atoms with van der Waals surface area (Å²) in [7, 11) is 3.50. The van der Waals surface area contributed by atoms with Gasteiger partial charge in [0, 0.05) is 19.5 Å². The molecule has 0 fully saturated rings. The number of nitriles is 1. The summed E-state index contributed by atoms with van der Waals surface area (Å²) in [6, 6.07) is 9.69. The molecule has 5 heteroatoms. The van der Waals surface area contributed by atoms with Crippen LogP contribution < -0.4 is 4.90 Å². The van der Waals surface area contributed by atoms with Gasteiger partial charge in [-0.25, -0.2) is 0 Å². The van der Waals surface area contributed by atoms with Gasteiger partial charge in [-0.2, -0.15) is 5.26 Å². The standard InChI is InChI=1S/C13H13N3O2/c1-15(8-12(17)18)13-10(7-14)9-5-3-4-6-11(9)16(13)2/h3-6H,8H2,1-2H3,(H,17,18). The van der Waals surface area contributed by atoms with E-state index in [2.05, 4.69) is 6.07 Å². The van der Waals surface area contributed by atoms with E-state index in [1.54, 1.807) is 11.9 Å². The monoisotopic (exact) mass is 243 g/mol. The maximum atomic E-state index is 10.8. The van der Waals surface area contributed by atoms with Crippen LogP contribution in [0.3, 0.4) is 0 Å². The van der Waals surface area contributed by atoms with Crippen molar-refractivity contribution >= 4 is 22.7 Å². The number of carbonyl (C=O) groups is 1. The Bertz CT molecular complexity index is 652. The average Bonchev–Trinajstić information content (AvgIpc) is 2.62. The number of para-hydroxylation sites is 1. The van der Waals surface area contributed by atoms with E-state index in [9.17, 15) is 10.1 Å². The van der Waals surface area contributed by atoms with E-state index < -0.39 is 5.97 Å². The van der Waals surface area contributed by atoms with Crippen molar-refractivity contribution in [3.63, 3.8) is 0 Å². The topological polar surface area (TPSA) is 69.3 Å². The summed E-state index contributed by atoms with van der Waals surface area (Å²) in [5, 5.41) is 19.0. The Morgan fingerprint density at radius 2 is 2.17 bits per heavy atom. The number of carboxylic acid groups (broad SMARTS) is 1. The highest BCUT2D eigenvalue weighted by Gasteiger charge is 2.19. The number of rotatable bonds is 3. The van der Waals surface area contributed by atoms with Gasteiger partial charge < -0.3 is 14.6 Å². The molecule has 1 N–H and O–H groups in total. The van der Waals surface area contributed by atoms with Crippen LogP contribution in [0.2, 0.25) is 0 Å². The van der Waals surface area contributed by atoms with Gasteiger partial charge in [-0.15, -0.1) is 0 Å². The number of aliphatic carboxylic acids is 1. The molecule has 0 bridgehead atoms. The van der Waals surface area contributed by atoms with Gasteiger partial charge in [0.05, 0.1) is 5.52 Å². The average molecular weight is 243 g/mol. The normalized spacial score (nSPS) is 10.3. The number of anilines is 1. The third-order valence-electron chi connectivity index (χ3n) is 2.92. The van der Waals surface area contributed by atoms with Gasteiger partial charge in [0.25, 0.3) is 0 Å². The minimum absolute atomic E-state index is 0.140. The van der Waals surface area contributed by atoms with Crippen molar-refractivity contribution in [3.8, 4) is 6.07 Å². The van der Waals surface area contributed by atoms with Gasteiger partial charge in [0.2, 0.25) is 0 Å². The molecule has 0 saturated heterocycles. The fourth-order valence-electron chi connectivity index (χ4n) is 2.21. The van der Waals surface area contributed by atoms with E-state index in [1.165, 1.54) is 0 Å². The lowest BCUT2D eigenvalue weighted by atomic mass is 10.2. The van der Waals surface area contributed by atoms with Gasteiger partial charge in [-0.05, 0) is 6.07 Å². The first-order chi connectivity index (χ1) is 8.56. The number of benzene rings is 1. The molecule has 0 saturated carbocycles. The molecule has 0 spiro atoms. The van der Waals surface area contributed by atoms with Crippen LogP contribution in [0.15, 0.2) is 24.3 Å². The van der Waals surface area contributed by atoms with Crippen LogP contribution >= 0.6 is 0 Å². The Kier molecular flexibility index (Phi) is 2.94. The molecular formula is C13H13N3O2. The molecule has 0 aliphatic carbocycles. The van der Waals surface area contributed by atoms with Crippen LogP contribution in [-0.2, 0) is 11.8 Å². The van der Waals surface area contributed by atoms with Crippen LogP contribution in [0, 0.1) is 11.3 Å². The third kappa shape index (κ3) is 1.78. The summed E-state index contributed by atoms with van der Waals surface area (Å²) >= 11 is 0. The number of hydrogen-bond acceptors (Lipinski definition) is 3. The second-order valence-electron chi connectivity index (χ2n) is 4.14. The number of aromatic nitrogens is 1. The Labute approximate surface area is 104 Å². The highest BCUT2D eigenvalue weighted by molar-refractivity contribution is 5.93. The molecule has 0 radical (unpaired) electrons. The second-order valence-corrected chi connectivity index (χ2v) is 4.14. The van der Waals surface area contributed by atoms with E-state index in [0.29, 0.717) is 11.4 Å². The summed E-state index contributed by atoms with van der Waals surface area (Å²) in [5.41, 5.74) is 1.43. The predicted octanol–water partition coefficient (Wildman–Crippen LogP) is 1.57. The van der Waals surface area contributed by atoms with E-state index in [-0.39, 0.29) is 6.54 Å². The zero-order valence-electron chi connectivity index (χ0n) is 10.2. The van der Waals surface area contributed by atoms with Crippen LogP contribution in [0.25, 0.3) is 10.9 Å². The lowest BCUT2D eigenvalue weighted by molar-refractivity contribution is -0.135. The Morgan fingerprint density at radius 3 is 2.78 bits per heavy atom. The van der Waals surface area contributed by atoms with E-state index in [4.69, 9.17) is 5.11 Å².